The number of hydrogen-bond acceptors (Lipinski definition) is 8. The molecule has 0 spiro atoms. The molecule has 1 saturated carbocycles. The zero-order chi connectivity index (χ0) is 24.4. The van der Waals surface area contributed by atoms with Gasteiger partial charge in [-0.15, -0.1) is 11.3 Å². The molecular weight excluding hydrogens is 465 g/mol. The quantitative estimate of drug-likeness (QED) is 0.471. The number of piperazine rings is 1. The second-order valence-corrected chi connectivity index (χ2v) is 10.4. The minimum atomic E-state index is -0.245. The van der Waals surface area contributed by atoms with Gasteiger partial charge in [-0.05, 0) is 62.4 Å². The van der Waals surface area contributed by atoms with Crippen LogP contribution >= 0.6 is 11.3 Å². The third kappa shape index (κ3) is 5.65. The fourth-order valence-corrected chi connectivity index (χ4v) is 5.68. The van der Waals surface area contributed by atoms with Gasteiger partial charge in [0.05, 0.1) is 15.9 Å². The number of amides is 1. The number of benzene rings is 1. The molecule has 1 aliphatic carbocycles. The molecule has 3 aromatic rings. The molecule has 2 aromatic heterocycles. The maximum absolute atomic E-state index is 15.0. The Morgan fingerprint density at radius 2 is 1.80 bits per heavy atom. The van der Waals surface area contributed by atoms with Gasteiger partial charge in [0, 0.05) is 50.9 Å². The van der Waals surface area contributed by atoms with E-state index in [1.165, 1.54) is 6.07 Å². The molecule has 2 aliphatic rings. The molecule has 35 heavy (non-hydrogen) atoms. The highest BCUT2D eigenvalue weighted by Crippen LogP contribution is 2.31. The first kappa shape index (κ1) is 23.7. The van der Waals surface area contributed by atoms with E-state index in [9.17, 15) is 9.18 Å². The summed E-state index contributed by atoms with van der Waals surface area (Å²) < 4.78 is 16.0. The number of thiophene rings is 1. The van der Waals surface area contributed by atoms with Crippen LogP contribution in [0, 0.1) is 5.82 Å². The number of halogens is 1. The first-order chi connectivity index (χ1) is 16.9. The number of hydrogen-bond donors (Lipinski definition) is 3. The largest absolute Gasteiger partial charge is 0.367 e. The second kappa shape index (κ2) is 10.3. The lowest BCUT2D eigenvalue weighted by Gasteiger charge is -2.34. The normalized spacial score (nSPS) is 21.2. The number of nitrogens with one attached hydrogen (secondary N) is 3. The average molecular weight is 498 g/mol. The monoisotopic (exact) mass is 497 g/mol. The first-order valence-electron chi connectivity index (χ1n) is 12.2. The zero-order valence-electron chi connectivity index (χ0n) is 20.2. The van der Waals surface area contributed by atoms with Crippen LogP contribution in [-0.4, -0.2) is 66.1 Å². The molecular formula is C25H32FN7OS. The van der Waals surface area contributed by atoms with Crippen molar-refractivity contribution in [1.29, 1.82) is 0 Å². The van der Waals surface area contributed by atoms with Crippen molar-refractivity contribution in [2.75, 3.05) is 48.8 Å². The Bertz CT molecular complexity index is 1190. The van der Waals surface area contributed by atoms with Gasteiger partial charge in [0.25, 0.3) is 0 Å². The number of anilines is 4. The lowest BCUT2D eigenvalue weighted by atomic mass is 9.91. The Hall–Kier alpha value is -2.98. The van der Waals surface area contributed by atoms with E-state index < -0.39 is 0 Å². The molecule has 8 nitrogen and oxygen atoms in total. The minimum Gasteiger partial charge on any atom is -0.367 e. The van der Waals surface area contributed by atoms with Gasteiger partial charge in [-0.2, -0.15) is 4.98 Å². The van der Waals surface area contributed by atoms with Crippen molar-refractivity contribution in [3.8, 4) is 0 Å². The molecule has 1 aliphatic heterocycles. The number of carbonyl (C=O) groups excluding carboxylic acids is 1. The summed E-state index contributed by atoms with van der Waals surface area (Å²) in [6.07, 6.45) is 3.81. The lowest BCUT2D eigenvalue weighted by molar-refractivity contribution is -0.119. The van der Waals surface area contributed by atoms with E-state index in [-0.39, 0.29) is 23.8 Å². The standard InChI is InChI=1S/C25H32FN7OS/c1-16(34)27-17-3-5-18(6-4-17)28-24-23-21(9-14-35-23)30-25(31-24)29-19-7-8-22(20(26)15-19)33-12-10-32(2)11-13-33/h7-9,14-15,17-18H,3-6,10-13H2,1-2H3,(H,27,34)(H2,28,29,30,31)/t17-,18+. The highest BCUT2D eigenvalue weighted by atomic mass is 32.1. The highest BCUT2D eigenvalue weighted by molar-refractivity contribution is 7.17. The Kier molecular flexibility index (Phi) is 7.01. The van der Waals surface area contributed by atoms with Crippen LogP contribution in [0.15, 0.2) is 29.6 Å². The van der Waals surface area contributed by atoms with Crippen molar-refractivity contribution >= 4 is 50.6 Å². The molecule has 186 valence electrons. The van der Waals surface area contributed by atoms with Crippen LogP contribution < -0.4 is 20.9 Å². The molecule has 0 atom stereocenters. The van der Waals surface area contributed by atoms with E-state index in [2.05, 4.69) is 37.8 Å². The Morgan fingerprint density at radius 1 is 1.06 bits per heavy atom. The number of likely N-dealkylation sites (N-methyl/N-ethyl adjacent to an activating group) is 1. The summed E-state index contributed by atoms with van der Waals surface area (Å²) in [5.41, 5.74) is 2.11. The smallest absolute Gasteiger partial charge is 0.229 e. The molecule has 5 rings (SSSR count). The highest BCUT2D eigenvalue weighted by Gasteiger charge is 2.23. The number of rotatable bonds is 6. The summed E-state index contributed by atoms with van der Waals surface area (Å²) in [5.74, 6) is 1.02. The predicted octanol–water partition coefficient (Wildman–Crippen LogP) is 4.19. The van der Waals surface area contributed by atoms with E-state index in [0.29, 0.717) is 17.3 Å². The summed E-state index contributed by atoms with van der Waals surface area (Å²) >= 11 is 1.61. The van der Waals surface area contributed by atoms with E-state index in [1.807, 2.05) is 23.6 Å². The molecule has 1 saturated heterocycles. The minimum absolute atomic E-state index is 0.0289. The number of carbonyl (C=O) groups is 1. The van der Waals surface area contributed by atoms with Gasteiger partial charge in [0.1, 0.15) is 11.6 Å². The van der Waals surface area contributed by atoms with Crippen LogP contribution in [-0.2, 0) is 4.79 Å². The van der Waals surface area contributed by atoms with Crippen molar-refractivity contribution in [1.82, 2.24) is 20.2 Å². The average Bonchev–Trinajstić information content (AvgIpc) is 3.30. The van der Waals surface area contributed by atoms with Crippen molar-refractivity contribution in [2.24, 2.45) is 0 Å². The summed E-state index contributed by atoms with van der Waals surface area (Å²) in [7, 11) is 2.09. The number of aromatic nitrogens is 2. The molecule has 0 radical (unpaired) electrons. The van der Waals surface area contributed by atoms with E-state index in [0.717, 1.165) is 67.9 Å². The van der Waals surface area contributed by atoms with Gasteiger partial charge in [0.2, 0.25) is 11.9 Å². The van der Waals surface area contributed by atoms with Crippen molar-refractivity contribution in [2.45, 2.75) is 44.7 Å². The van der Waals surface area contributed by atoms with E-state index in [4.69, 9.17) is 4.98 Å². The van der Waals surface area contributed by atoms with E-state index >= 15 is 0 Å². The number of nitrogens with zero attached hydrogens (tertiary/aromatic N) is 4. The van der Waals surface area contributed by atoms with Crippen LogP contribution in [0.25, 0.3) is 10.2 Å². The van der Waals surface area contributed by atoms with Gasteiger partial charge in [-0.25, -0.2) is 9.37 Å². The summed E-state index contributed by atoms with van der Waals surface area (Å²) in [4.78, 5) is 25.1. The second-order valence-electron chi connectivity index (χ2n) is 9.51. The fraction of sp³-hybridized carbons (Fsp3) is 0.480. The van der Waals surface area contributed by atoms with Crippen molar-refractivity contribution < 1.29 is 9.18 Å². The van der Waals surface area contributed by atoms with Gasteiger partial charge in [-0.1, -0.05) is 0 Å². The molecule has 10 heteroatoms. The molecule has 0 unspecified atom stereocenters. The van der Waals surface area contributed by atoms with Crippen LogP contribution in [0.3, 0.4) is 0 Å². The van der Waals surface area contributed by atoms with Gasteiger partial charge in [-0.3, -0.25) is 4.79 Å². The maximum Gasteiger partial charge on any atom is 0.229 e. The molecule has 1 amide bonds. The van der Waals surface area contributed by atoms with Crippen LogP contribution in [0.4, 0.5) is 27.5 Å². The van der Waals surface area contributed by atoms with Gasteiger partial charge in [0.15, 0.2) is 0 Å². The summed E-state index contributed by atoms with van der Waals surface area (Å²) in [6.45, 7) is 5.07. The first-order valence-corrected chi connectivity index (χ1v) is 13.1. The van der Waals surface area contributed by atoms with Crippen molar-refractivity contribution in [3.63, 3.8) is 0 Å². The third-order valence-electron chi connectivity index (χ3n) is 6.83. The molecule has 3 heterocycles. The third-order valence-corrected chi connectivity index (χ3v) is 7.74. The molecule has 3 N–H and O–H groups in total. The number of fused-ring (bicyclic) bond motifs is 1. The van der Waals surface area contributed by atoms with Crippen molar-refractivity contribution in [3.05, 3.63) is 35.5 Å². The molecule has 1 aromatic carbocycles. The summed E-state index contributed by atoms with van der Waals surface area (Å²) in [6, 6.07) is 7.74. The Balaban J connectivity index is 1.29. The van der Waals surface area contributed by atoms with Gasteiger partial charge >= 0.3 is 0 Å². The van der Waals surface area contributed by atoms with E-state index in [1.54, 1.807) is 18.3 Å². The Labute approximate surface area is 208 Å². The zero-order valence-corrected chi connectivity index (χ0v) is 21.0. The fourth-order valence-electron chi connectivity index (χ4n) is 4.90. The molecule has 2 fully saturated rings. The van der Waals surface area contributed by atoms with Crippen LogP contribution in [0.1, 0.15) is 32.6 Å². The maximum atomic E-state index is 15.0. The predicted molar refractivity (Wildman–Crippen MR) is 140 cm³/mol. The Morgan fingerprint density at radius 3 is 2.51 bits per heavy atom. The topological polar surface area (TPSA) is 85.4 Å². The van der Waals surface area contributed by atoms with Crippen LogP contribution in [0.2, 0.25) is 0 Å². The lowest BCUT2D eigenvalue weighted by Crippen LogP contribution is -2.44. The molecule has 0 bridgehead atoms. The van der Waals surface area contributed by atoms with Gasteiger partial charge < -0.3 is 25.8 Å². The SMILES string of the molecule is CC(=O)N[C@H]1CC[C@@H](Nc2nc(Nc3ccc(N4CCN(C)CC4)c(F)c3)nc3ccsc23)CC1. The summed E-state index contributed by atoms with van der Waals surface area (Å²) in [5, 5.41) is 11.8. The van der Waals surface area contributed by atoms with Crippen LogP contribution in [0.5, 0.6) is 0 Å².